The molecule has 1 amide bonds. The first-order valence-electron chi connectivity index (χ1n) is 9.18. The van der Waals surface area contributed by atoms with Gasteiger partial charge >= 0.3 is 0 Å². The molecule has 2 aliphatic rings. The molecule has 25 heavy (non-hydrogen) atoms. The van der Waals surface area contributed by atoms with Crippen LogP contribution >= 0.6 is 11.3 Å². The number of nitrogens with one attached hydrogen (secondary N) is 1. The Kier molecular flexibility index (Phi) is 5.74. The van der Waals surface area contributed by atoms with Crippen LogP contribution in [-0.2, 0) is 22.4 Å². The summed E-state index contributed by atoms with van der Waals surface area (Å²) < 4.78 is 0. The van der Waals surface area contributed by atoms with Gasteiger partial charge in [0.05, 0.1) is 5.56 Å². The van der Waals surface area contributed by atoms with Crippen molar-refractivity contribution in [1.82, 2.24) is 0 Å². The van der Waals surface area contributed by atoms with Crippen molar-refractivity contribution in [3.05, 3.63) is 16.0 Å². The minimum atomic E-state index is -1.14. The fourth-order valence-electron chi connectivity index (χ4n) is 4.06. The molecule has 0 bridgehead atoms. The number of amides is 1. The highest BCUT2D eigenvalue weighted by Crippen LogP contribution is 2.38. The highest BCUT2D eigenvalue weighted by molar-refractivity contribution is 7.16. The second-order valence-electron chi connectivity index (χ2n) is 7.04. The van der Waals surface area contributed by atoms with Gasteiger partial charge in [0, 0.05) is 22.7 Å². The second-order valence-corrected chi connectivity index (χ2v) is 8.14. The first-order valence-corrected chi connectivity index (χ1v) is 10.00. The Morgan fingerprint density at radius 1 is 1.04 bits per heavy atom. The Hall–Kier alpha value is -1.87. The van der Waals surface area contributed by atoms with Crippen molar-refractivity contribution in [2.45, 2.75) is 64.2 Å². The van der Waals surface area contributed by atoms with Crippen molar-refractivity contribution < 1.29 is 14.7 Å². The first-order chi connectivity index (χ1) is 12.1. The maximum atomic E-state index is 12.7. The predicted octanol–water partition coefficient (Wildman–Crippen LogP) is 2.77. The summed E-state index contributed by atoms with van der Waals surface area (Å²) in [5.41, 5.74) is 1.67. The van der Waals surface area contributed by atoms with Crippen molar-refractivity contribution in [1.29, 1.82) is 5.26 Å². The molecule has 0 spiro atoms. The molecule has 1 fully saturated rings. The average molecular weight is 359 g/mol. The number of aryl methyl sites for hydroxylation is 1. The highest BCUT2D eigenvalue weighted by Gasteiger charge is 2.32. The molecule has 0 aliphatic heterocycles. The van der Waals surface area contributed by atoms with Crippen LogP contribution in [0.4, 0.5) is 5.00 Å². The number of hydrogen-bond acceptors (Lipinski definition) is 5. The number of anilines is 1. The minimum Gasteiger partial charge on any atom is -0.550 e. The summed E-state index contributed by atoms with van der Waals surface area (Å²) in [5, 5.41) is 24.4. The maximum Gasteiger partial charge on any atom is 0.228 e. The van der Waals surface area contributed by atoms with Crippen molar-refractivity contribution >= 4 is 28.2 Å². The van der Waals surface area contributed by atoms with Gasteiger partial charge in [-0.15, -0.1) is 11.3 Å². The third-order valence-electron chi connectivity index (χ3n) is 5.43. The lowest BCUT2D eigenvalue weighted by molar-refractivity contribution is -0.313. The number of hydrogen-bond donors (Lipinski definition) is 1. The summed E-state index contributed by atoms with van der Waals surface area (Å²) in [5.74, 6) is -2.70. The van der Waals surface area contributed by atoms with Gasteiger partial charge in [-0.1, -0.05) is 25.7 Å². The maximum absolute atomic E-state index is 12.7. The van der Waals surface area contributed by atoms with Gasteiger partial charge < -0.3 is 15.2 Å². The Morgan fingerprint density at radius 3 is 2.40 bits per heavy atom. The summed E-state index contributed by atoms with van der Waals surface area (Å²) in [6.45, 7) is 0. The lowest BCUT2D eigenvalue weighted by Crippen LogP contribution is -2.42. The molecule has 2 aliphatic carbocycles. The molecule has 0 saturated heterocycles. The summed E-state index contributed by atoms with van der Waals surface area (Å²) in [6, 6.07) is 2.26. The molecular weight excluding hydrogens is 336 g/mol. The van der Waals surface area contributed by atoms with Crippen LogP contribution in [0.15, 0.2) is 0 Å². The number of aliphatic carboxylic acids is 1. The largest absolute Gasteiger partial charge is 0.550 e. The van der Waals surface area contributed by atoms with E-state index in [-0.39, 0.29) is 5.91 Å². The Morgan fingerprint density at radius 2 is 1.72 bits per heavy atom. The normalized spacial score (nSPS) is 23.6. The zero-order valence-electron chi connectivity index (χ0n) is 14.3. The molecule has 1 saturated carbocycles. The number of carboxylic acids is 1. The summed E-state index contributed by atoms with van der Waals surface area (Å²) in [4.78, 5) is 25.2. The number of rotatable bonds is 3. The van der Waals surface area contributed by atoms with Crippen LogP contribution in [0.3, 0.4) is 0 Å². The molecule has 0 aromatic carbocycles. The Bertz CT molecular complexity index is 704. The van der Waals surface area contributed by atoms with Gasteiger partial charge in [0.2, 0.25) is 5.91 Å². The van der Waals surface area contributed by atoms with E-state index in [9.17, 15) is 20.0 Å². The van der Waals surface area contributed by atoms with Crippen LogP contribution in [0.25, 0.3) is 0 Å². The van der Waals surface area contributed by atoms with Crippen molar-refractivity contribution in [2.75, 3.05) is 5.32 Å². The zero-order valence-corrected chi connectivity index (χ0v) is 15.1. The molecule has 1 N–H and O–H groups in total. The lowest BCUT2D eigenvalue weighted by atomic mass is 9.79. The standard InChI is InChI=1S/C19H24N2O3S/c20-11-15-12-7-3-1-2-4-10-16(12)25-18(15)21-17(22)13-8-5-6-9-14(13)19(23)24/h13-14H,1-10H2,(H,21,22)(H,23,24)/p-1/t13-,14-/m0/s1. The molecule has 2 atom stereocenters. The molecule has 5 nitrogen and oxygen atoms in total. The number of nitrogens with zero attached hydrogens (tertiary/aromatic N) is 1. The van der Waals surface area contributed by atoms with Crippen molar-refractivity contribution in [2.24, 2.45) is 11.8 Å². The smallest absolute Gasteiger partial charge is 0.228 e. The van der Waals surface area contributed by atoms with Crippen LogP contribution in [0.5, 0.6) is 0 Å². The molecule has 0 radical (unpaired) electrons. The van der Waals surface area contributed by atoms with Crippen LogP contribution in [-0.4, -0.2) is 11.9 Å². The Balaban J connectivity index is 1.82. The second kappa shape index (κ2) is 8.01. The third kappa shape index (κ3) is 3.87. The number of carbonyl (C=O) groups is 2. The molecule has 1 heterocycles. The molecule has 6 heteroatoms. The molecule has 1 aromatic heterocycles. The number of nitriles is 1. The van der Waals surface area contributed by atoms with E-state index in [1.54, 1.807) is 0 Å². The van der Waals surface area contributed by atoms with E-state index < -0.39 is 17.8 Å². The van der Waals surface area contributed by atoms with E-state index in [0.29, 0.717) is 23.4 Å². The average Bonchev–Trinajstić information content (AvgIpc) is 2.90. The number of thiophene rings is 1. The van der Waals surface area contributed by atoms with E-state index in [1.807, 2.05) is 0 Å². The van der Waals surface area contributed by atoms with Crippen LogP contribution in [0.1, 0.15) is 67.4 Å². The third-order valence-corrected chi connectivity index (χ3v) is 6.63. The van der Waals surface area contributed by atoms with Gasteiger partial charge in [-0.05, 0) is 44.1 Å². The fourth-order valence-corrected chi connectivity index (χ4v) is 5.30. The first kappa shape index (κ1) is 17.9. The number of fused-ring (bicyclic) bond motifs is 1. The quantitative estimate of drug-likeness (QED) is 0.898. The molecular formula is C19H23N2O3S-. The van der Waals surface area contributed by atoms with Crippen LogP contribution in [0.2, 0.25) is 0 Å². The van der Waals surface area contributed by atoms with Crippen LogP contribution in [0, 0.1) is 23.2 Å². The fraction of sp³-hybridized carbons (Fsp3) is 0.632. The van der Waals surface area contributed by atoms with E-state index in [1.165, 1.54) is 29.1 Å². The van der Waals surface area contributed by atoms with Gasteiger partial charge in [0.1, 0.15) is 11.1 Å². The van der Waals surface area contributed by atoms with E-state index in [4.69, 9.17) is 0 Å². The summed E-state index contributed by atoms with van der Waals surface area (Å²) >= 11 is 1.49. The topological polar surface area (TPSA) is 93.0 Å². The number of carboxylic acid groups (broad SMARTS) is 1. The van der Waals surface area contributed by atoms with E-state index in [2.05, 4.69) is 11.4 Å². The van der Waals surface area contributed by atoms with Gasteiger partial charge in [-0.25, -0.2) is 0 Å². The Labute approximate surface area is 152 Å². The lowest BCUT2D eigenvalue weighted by Gasteiger charge is -2.31. The molecule has 0 unspecified atom stereocenters. The van der Waals surface area contributed by atoms with Crippen LogP contribution < -0.4 is 10.4 Å². The molecule has 3 rings (SSSR count). The van der Waals surface area contributed by atoms with Gasteiger partial charge in [-0.2, -0.15) is 5.26 Å². The highest BCUT2D eigenvalue weighted by atomic mass is 32.1. The predicted molar refractivity (Wildman–Crippen MR) is 94.0 cm³/mol. The van der Waals surface area contributed by atoms with E-state index in [0.717, 1.165) is 44.1 Å². The van der Waals surface area contributed by atoms with Gasteiger partial charge in [0.25, 0.3) is 0 Å². The van der Waals surface area contributed by atoms with Gasteiger partial charge in [0.15, 0.2) is 0 Å². The zero-order chi connectivity index (χ0) is 17.8. The van der Waals surface area contributed by atoms with E-state index >= 15 is 0 Å². The molecule has 1 aromatic rings. The van der Waals surface area contributed by atoms with Crippen molar-refractivity contribution in [3.63, 3.8) is 0 Å². The minimum absolute atomic E-state index is 0.278. The molecule has 134 valence electrons. The van der Waals surface area contributed by atoms with Gasteiger partial charge in [-0.3, -0.25) is 4.79 Å². The SMILES string of the molecule is N#Cc1c(NC(=O)[C@H]2CCCC[C@@H]2C(=O)[O-])sc2c1CCCCCC2. The summed E-state index contributed by atoms with van der Waals surface area (Å²) in [7, 11) is 0. The number of carbonyl (C=O) groups excluding carboxylic acids is 2. The van der Waals surface area contributed by atoms with Crippen molar-refractivity contribution in [3.8, 4) is 6.07 Å². The monoisotopic (exact) mass is 359 g/mol. The summed E-state index contributed by atoms with van der Waals surface area (Å²) in [6.07, 6.45) is 9.14.